The van der Waals surface area contributed by atoms with Crippen LogP contribution in [-0.4, -0.2) is 22.5 Å². The monoisotopic (exact) mass is 304 g/mol. The highest BCUT2D eigenvalue weighted by Crippen LogP contribution is 2.32. The van der Waals surface area contributed by atoms with E-state index in [0.29, 0.717) is 18.8 Å². The van der Waals surface area contributed by atoms with E-state index in [-0.39, 0.29) is 6.09 Å². The summed E-state index contributed by atoms with van der Waals surface area (Å²) < 4.78 is 5.57. The molecule has 4 heteroatoms. The van der Waals surface area contributed by atoms with Gasteiger partial charge in [-0.25, -0.2) is 4.79 Å². The number of amides is 1. The Hall–Kier alpha value is -2.88. The number of aromatic nitrogens is 1. The predicted octanol–water partition coefficient (Wildman–Crippen LogP) is 3.79. The Morgan fingerprint density at radius 1 is 1.04 bits per heavy atom. The standard InChI is InChI=1S/C19H16N2O2/c22-19-21(12-10-14-5-2-1-3-6-14)13-16-9-8-15-7-4-11-20-17(15)18(16)23-19/h1-9,11H,10,12-13H2. The van der Waals surface area contributed by atoms with Crippen LogP contribution in [0.15, 0.2) is 60.8 Å². The van der Waals surface area contributed by atoms with Crippen molar-refractivity contribution in [3.8, 4) is 5.75 Å². The Bertz CT molecular complexity index is 862. The Kier molecular flexibility index (Phi) is 3.42. The van der Waals surface area contributed by atoms with Gasteiger partial charge in [0, 0.05) is 23.7 Å². The van der Waals surface area contributed by atoms with Crippen molar-refractivity contribution >= 4 is 17.0 Å². The lowest BCUT2D eigenvalue weighted by Crippen LogP contribution is -2.38. The largest absolute Gasteiger partial charge is 0.415 e. The first-order valence-corrected chi connectivity index (χ1v) is 7.68. The van der Waals surface area contributed by atoms with Gasteiger partial charge in [0.15, 0.2) is 5.75 Å². The second-order valence-electron chi connectivity index (χ2n) is 5.65. The van der Waals surface area contributed by atoms with Crippen molar-refractivity contribution in [3.63, 3.8) is 0 Å². The molecule has 0 unspecified atom stereocenters. The minimum Gasteiger partial charge on any atom is -0.407 e. The number of hydrogen-bond donors (Lipinski definition) is 0. The van der Waals surface area contributed by atoms with Crippen molar-refractivity contribution in [3.05, 3.63) is 71.9 Å². The van der Waals surface area contributed by atoms with E-state index in [9.17, 15) is 4.79 Å². The van der Waals surface area contributed by atoms with Crippen LogP contribution in [0, 0.1) is 0 Å². The number of carbonyl (C=O) groups excluding carboxylic acids is 1. The minimum atomic E-state index is -0.299. The summed E-state index contributed by atoms with van der Waals surface area (Å²) in [5.41, 5.74) is 2.97. The van der Waals surface area contributed by atoms with Crippen LogP contribution in [-0.2, 0) is 13.0 Å². The highest BCUT2D eigenvalue weighted by Gasteiger charge is 2.26. The van der Waals surface area contributed by atoms with E-state index in [2.05, 4.69) is 17.1 Å². The molecular formula is C19H16N2O2. The van der Waals surface area contributed by atoms with Crippen LogP contribution in [0.1, 0.15) is 11.1 Å². The number of hydrogen-bond acceptors (Lipinski definition) is 3. The first kappa shape index (κ1) is 13.8. The van der Waals surface area contributed by atoms with Crippen molar-refractivity contribution in [2.45, 2.75) is 13.0 Å². The van der Waals surface area contributed by atoms with Gasteiger partial charge in [-0.1, -0.05) is 48.5 Å². The fourth-order valence-corrected chi connectivity index (χ4v) is 2.90. The highest BCUT2D eigenvalue weighted by atomic mass is 16.6. The average molecular weight is 304 g/mol. The molecule has 0 saturated heterocycles. The molecule has 0 atom stereocenters. The molecule has 114 valence electrons. The maximum Gasteiger partial charge on any atom is 0.415 e. The van der Waals surface area contributed by atoms with Gasteiger partial charge in [0.25, 0.3) is 0 Å². The molecule has 0 radical (unpaired) electrons. The lowest BCUT2D eigenvalue weighted by Gasteiger charge is -2.28. The van der Waals surface area contributed by atoms with Crippen molar-refractivity contribution in [2.24, 2.45) is 0 Å². The van der Waals surface area contributed by atoms with Crippen molar-refractivity contribution in [1.82, 2.24) is 9.88 Å². The second-order valence-corrected chi connectivity index (χ2v) is 5.65. The van der Waals surface area contributed by atoms with E-state index < -0.39 is 0 Å². The minimum absolute atomic E-state index is 0.299. The van der Waals surface area contributed by atoms with Crippen LogP contribution < -0.4 is 4.74 Å². The normalized spacial score (nSPS) is 13.7. The molecule has 1 aliphatic rings. The molecule has 0 aliphatic carbocycles. The zero-order valence-corrected chi connectivity index (χ0v) is 12.6. The summed E-state index contributed by atoms with van der Waals surface area (Å²) in [5.74, 6) is 0.601. The summed E-state index contributed by atoms with van der Waals surface area (Å²) in [7, 11) is 0. The number of pyridine rings is 1. The first-order chi connectivity index (χ1) is 11.3. The number of nitrogens with zero attached hydrogens (tertiary/aromatic N) is 2. The molecule has 0 N–H and O–H groups in total. The lowest BCUT2D eigenvalue weighted by atomic mass is 10.1. The van der Waals surface area contributed by atoms with E-state index in [1.807, 2.05) is 42.5 Å². The van der Waals surface area contributed by atoms with Crippen molar-refractivity contribution in [1.29, 1.82) is 0 Å². The molecular weight excluding hydrogens is 288 g/mol. The molecule has 0 spiro atoms. The Morgan fingerprint density at radius 2 is 1.91 bits per heavy atom. The summed E-state index contributed by atoms with van der Waals surface area (Å²) in [5, 5.41) is 0.983. The molecule has 4 nitrogen and oxygen atoms in total. The Balaban J connectivity index is 1.57. The molecule has 3 aromatic rings. The zero-order valence-electron chi connectivity index (χ0n) is 12.6. The Morgan fingerprint density at radius 3 is 2.78 bits per heavy atom. The van der Waals surface area contributed by atoms with E-state index in [1.54, 1.807) is 11.1 Å². The van der Waals surface area contributed by atoms with Gasteiger partial charge >= 0.3 is 6.09 Å². The smallest absolute Gasteiger partial charge is 0.407 e. The fraction of sp³-hybridized carbons (Fsp3) is 0.158. The number of carbonyl (C=O) groups is 1. The van der Waals surface area contributed by atoms with Crippen LogP contribution in [0.5, 0.6) is 5.75 Å². The summed E-state index contributed by atoms with van der Waals surface area (Å²) in [6.07, 6.45) is 2.24. The SMILES string of the molecule is O=C1Oc2c(ccc3cccnc23)CN1CCc1ccccc1. The quantitative estimate of drug-likeness (QED) is 0.739. The summed E-state index contributed by atoms with van der Waals surface area (Å²) in [6.45, 7) is 1.20. The van der Waals surface area contributed by atoms with Crippen molar-refractivity contribution < 1.29 is 9.53 Å². The summed E-state index contributed by atoms with van der Waals surface area (Å²) in [4.78, 5) is 18.4. The molecule has 1 aliphatic heterocycles. The number of benzene rings is 2. The van der Waals surface area contributed by atoms with Crippen LogP contribution >= 0.6 is 0 Å². The van der Waals surface area contributed by atoms with Crippen molar-refractivity contribution in [2.75, 3.05) is 6.54 Å². The topological polar surface area (TPSA) is 42.4 Å². The number of ether oxygens (including phenoxy) is 1. The van der Waals surface area contributed by atoms with Crippen LogP contribution in [0.3, 0.4) is 0 Å². The summed E-state index contributed by atoms with van der Waals surface area (Å²) >= 11 is 0. The molecule has 2 aromatic carbocycles. The van der Waals surface area contributed by atoms with E-state index >= 15 is 0 Å². The van der Waals surface area contributed by atoms with Gasteiger partial charge in [-0.05, 0) is 18.1 Å². The predicted molar refractivity (Wildman–Crippen MR) is 88.3 cm³/mol. The van der Waals surface area contributed by atoms with Gasteiger partial charge in [0.2, 0.25) is 0 Å². The Labute approximate surface area is 134 Å². The number of rotatable bonds is 3. The highest BCUT2D eigenvalue weighted by molar-refractivity contribution is 5.89. The second kappa shape index (κ2) is 5.72. The summed E-state index contributed by atoms with van der Waals surface area (Å²) in [6, 6.07) is 18.0. The average Bonchev–Trinajstić information content (AvgIpc) is 2.61. The fourth-order valence-electron chi connectivity index (χ4n) is 2.90. The lowest BCUT2D eigenvalue weighted by molar-refractivity contribution is 0.139. The number of fused-ring (bicyclic) bond motifs is 3. The molecule has 0 fully saturated rings. The third kappa shape index (κ3) is 2.63. The van der Waals surface area contributed by atoms with Gasteiger partial charge in [-0.2, -0.15) is 0 Å². The third-order valence-corrected chi connectivity index (χ3v) is 4.13. The van der Waals surface area contributed by atoms with Gasteiger partial charge in [0.1, 0.15) is 5.52 Å². The molecule has 0 saturated carbocycles. The molecule has 2 heterocycles. The molecule has 0 bridgehead atoms. The molecule has 4 rings (SSSR count). The molecule has 23 heavy (non-hydrogen) atoms. The molecule has 1 aromatic heterocycles. The maximum absolute atomic E-state index is 12.3. The van der Waals surface area contributed by atoms with E-state index in [4.69, 9.17) is 4.74 Å². The van der Waals surface area contributed by atoms with E-state index in [0.717, 1.165) is 22.9 Å². The van der Waals surface area contributed by atoms with Gasteiger partial charge in [-0.3, -0.25) is 4.98 Å². The van der Waals surface area contributed by atoms with Gasteiger partial charge in [0.05, 0.1) is 6.54 Å². The maximum atomic E-state index is 12.3. The third-order valence-electron chi connectivity index (χ3n) is 4.13. The molecule has 1 amide bonds. The zero-order chi connectivity index (χ0) is 15.6. The van der Waals surface area contributed by atoms with E-state index in [1.165, 1.54) is 5.56 Å². The van der Waals surface area contributed by atoms with Gasteiger partial charge < -0.3 is 9.64 Å². The first-order valence-electron chi connectivity index (χ1n) is 7.68. The van der Waals surface area contributed by atoms with Gasteiger partial charge in [-0.15, -0.1) is 0 Å². The van der Waals surface area contributed by atoms with Crippen LogP contribution in [0.2, 0.25) is 0 Å². The van der Waals surface area contributed by atoms with Crippen LogP contribution in [0.4, 0.5) is 4.79 Å². The van der Waals surface area contributed by atoms with Crippen LogP contribution in [0.25, 0.3) is 10.9 Å².